The number of benzene rings is 3. The summed E-state index contributed by atoms with van der Waals surface area (Å²) in [6.45, 7) is 14.3. The lowest BCUT2D eigenvalue weighted by molar-refractivity contribution is 1.08. The molecule has 0 saturated carbocycles. The van der Waals surface area contributed by atoms with Gasteiger partial charge in [-0.05, 0) is 103 Å². The van der Waals surface area contributed by atoms with E-state index in [1.165, 1.54) is 16.5 Å². The molecule has 0 aliphatic heterocycles. The minimum Gasteiger partial charge on any atom is -0.309 e. The number of para-hydroxylation sites is 1. The number of allylic oxidation sites excluding steroid dienone is 1. The standard InChI is InChI=1S/C48H39N5/c1-5-11-40-42-26-27-49-32-48(42)53(46(40)8-4)38-22-16-34(17-23-38)29-36-19-25-44(51-31-36)43-24-18-35(30-50-43)28-33-14-20-37(21-15-33)52-45(7-3)39(6-2)41-12-9-10-13-47(41)52/h5-27,30-32H,2-4,28-29H2,1H3/b11-5-. The number of rotatable bonds is 11. The maximum Gasteiger partial charge on any atom is 0.0886 e. The lowest BCUT2D eigenvalue weighted by atomic mass is 10.0. The normalized spacial score (nSPS) is 11.4. The molecule has 0 N–H and O–H groups in total. The quantitative estimate of drug-likeness (QED) is 0.136. The van der Waals surface area contributed by atoms with Gasteiger partial charge in [0, 0.05) is 51.9 Å². The fraction of sp³-hybridized carbons (Fsp3) is 0.0625. The Balaban J connectivity index is 0.941. The molecule has 0 spiro atoms. The predicted molar refractivity (Wildman–Crippen MR) is 222 cm³/mol. The number of pyridine rings is 3. The van der Waals surface area contributed by atoms with E-state index in [1.807, 2.05) is 49.9 Å². The Morgan fingerprint density at radius 1 is 0.528 bits per heavy atom. The summed E-state index contributed by atoms with van der Waals surface area (Å²) < 4.78 is 4.47. The average Bonchev–Trinajstić information content (AvgIpc) is 3.71. The number of aromatic nitrogens is 5. The molecule has 5 nitrogen and oxygen atoms in total. The van der Waals surface area contributed by atoms with Crippen molar-refractivity contribution < 1.29 is 0 Å². The van der Waals surface area contributed by atoms with Crippen LogP contribution in [-0.4, -0.2) is 24.1 Å². The first-order chi connectivity index (χ1) is 26.1. The van der Waals surface area contributed by atoms with E-state index in [0.717, 1.165) is 85.7 Å². The first-order valence-corrected chi connectivity index (χ1v) is 17.8. The summed E-state index contributed by atoms with van der Waals surface area (Å²) >= 11 is 0. The lowest BCUT2D eigenvalue weighted by Crippen LogP contribution is -1.98. The molecule has 0 radical (unpaired) electrons. The van der Waals surface area contributed by atoms with Crippen LogP contribution in [0.25, 0.3) is 68.9 Å². The third-order valence-electron chi connectivity index (χ3n) is 9.84. The van der Waals surface area contributed by atoms with E-state index in [4.69, 9.17) is 9.97 Å². The second-order valence-electron chi connectivity index (χ2n) is 13.1. The topological polar surface area (TPSA) is 48.5 Å². The Hall–Kier alpha value is -6.85. The van der Waals surface area contributed by atoms with Crippen LogP contribution in [0.4, 0.5) is 0 Å². The molecule has 8 rings (SSSR count). The zero-order valence-corrected chi connectivity index (χ0v) is 29.8. The van der Waals surface area contributed by atoms with Crippen LogP contribution in [0.2, 0.25) is 0 Å². The molecule has 0 aliphatic carbocycles. The van der Waals surface area contributed by atoms with Gasteiger partial charge in [-0.15, -0.1) is 0 Å². The molecule has 0 atom stereocenters. The second kappa shape index (κ2) is 14.4. The van der Waals surface area contributed by atoms with Crippen LogP contribution < -0.4 is 0 Å². The van der Waals surface area contributed by atoms with Crippen molar-refractivity contribution in [3.05, 3.63) is 198 Å². The van der Waals surface area contributed by atoms with Crippen molar-refractivity contribution in [2.75, 3.05) is 0 Å². The van der Waals surface area contributed by atoms with Gasteiger partial charge in [0.2, 0.25) is 0 Å². The van der Waals surface area contributed by atoms with E-state index in [9.17, 15) is 0 Å². The third-order valence-corrected chi connectivity index (χ3v) is 9.84. The summed E-state index contributed by atoms with van der Waals surface area (Å²) in [5.41, 5.74) is 15.2. The molecule has 0 aliphatic rings. The van der Waals surface area contributed by atoms with E-state index in [-0.39, 0.29) is 0 Å². The van der Waals surface area contributed by atoms with Crippen molar-refractivity contribution in [2.45, 2.75) is 19.8 Å². The monoisotopic (exact) mass is 685 g/mol. The summed E-state index contributed by atoms with van der Waals surface area (Å²) in [5, 5.41) is 2.33. The molecule has 5 heteroatoms. The van der Waals surface area contributed by atoms with Crippen LogP contribution in [0, 0.1) is 0 Å². The maximum atomic E-state index is 4.78. The fourth-order valence-electron chi connectivity index (χ4n) is 7.34. The lowest BCUT2D eigenvalue weighted by Gasteiger charge is -2.11. The van der Waals surface area contributed by atoms with E-state index in [1.54, 1.807) is 0 Å². The number of nitrogens with zero attached hydrogens (tertiary/aromatic N) is 5. The van der Waals surface area contributed by atoms with Crippen molar-refractivity contribution >= 4 is 46.1 Å². The van der Waals surface area contributed by atoms with Crippen LogP contribution in [0.5, 0.6) is 0 Å². The highest BCUT2D eigenvalue weighted by Crippen LogP contribution is 2.33. The Morgan fingerprint density at radius 3 is 1.58 bits per heavy atom. The smallest absolute Gasteiger partial charge is 0.0886 e. The molecular formula is C48H39N5. The van der Waals surface area contributed by atoms with Gasteiger partial charge in [-0.2, -0.15) is 0 Å². The molecule has 8 aromatic rings. The Kier molecular flexibility index (Phi) is 9.05. The molecule has 0 fully saturated rings. The largest absolute Gasteiger partial charge is 0.309 e. The van der Waals surface area contributed by atoms with Crippen LogP contribution in [-0.2, 0) is 12.8 Å². The minimum absolute atomic E-state index is 0.787. The van der Waals surface area contributed by atoms with Gasteiger partial charge in [-0.1, -0.05) is 92.6 Å². The average molecular weight is 686 g/mol. The summed E-state index contributed by atoms with van der Waals surface area (Å²) in [6.07, 6.45) is 19.2. The van der Waals surface area contributed by atoms with Crippen LogP contribution in [0.1, 0.15) is 51.7 Å². The molecule has 5 aromatic heterocycles. The molecule has 53 heavy (non-hydrogen) atoms. The molecular weight excluding hydrogens is 647 g/mol. The minimum atomic E-state index is 0.787. The SMILES string of the molecule is C=Cc1c(C=C)n(-c2ccc(Cc3ccc(-c4ccc(Cc5ccc(-n6c(C=C)c(/C=C\C)c7ccncc76)cc5)cn4)nc3)cc2)c2ccccc12. The summed E-state index contributed by atoms with van der Waals surface area (Å²) in [4.78, 5) is 14.0. The highest BCUT2D eigenvalue weighted by molar-refractivity contribution is 5.96. The molecule has 0 saturated heterocycles. The van der Waals surface area contributed by atoms with E-state index in [0.29, 0.717) is 0 Å². The van der Waals surface area contributed by atoms with Gasteiger partial charge >= 0.3 is 0 Å². The Bertz CT molecular complexity index is 2630. The van der Waals surface area contributed by atoms with Crippen LogP contribution >= 0.6 is 0 Å². The van der Waals surface area contributed by atoms with Crippen molar-refractivity contribution in [1.82, 2.24) is 24.1 Å². The molecule has 0 unspecified atom stereocenters. The van der Waals surface area contributed by atoms with Crippen molar-refractivity contribution in [3.8, 4) is 22.8 Å². The zero-order valence-electron chi connectivity index (χ0n) is 29.8. The Morgan fingerprint density at radius 2 is 1.06 bits per heavy atom. The second-order valence-corrected chi connectivity index (χ2v) is 13.1. The van der Waals surface area contributed by atoms with Gasteiger partial charge in [-0.3, -0.25) is 15.0 Å². The van der Waals surface area contributed by atoms with Crippen molar-refractivity contribution in [2.24, 2.45) is 0 Å². The molecule has 5 heterocycles. The van der Waals surface area contributed by atoms with Gasteiger partial charge in [0.15, 0.2) is 0 Å². The molecule has 256 valence electrons. The molecule has 3 aromatic carbocycles. The van der Waals surface area contributed by atoms with Gasteiger partial charge in [-0.25, -0.2) is 0 Å². The number of hydrogen-bond donors (Lipinski definition) is 0. The summed E-state index contributed by atoms with van der Waals surface area (Å²) in [7, 11) is 0. The van der Waals surface area contributed by atoms with Crippen molar-refractivity contribution in [1.29, 1.82) is 0 Å². The summed E-state index contributed by atoms with van der Waals surface area (Å²) in [6, 6.07) is 36.3. The van der Waals surface area contributed by atoms with Gasteiger partial charge in [0.05, 0.1) is 40.0 Å². The van der Waals surface area contributed by atoms with Crippen LogP contribution in [0.15, 0.2) is 154 Å². The number of hydrogen-bond acceptors (Lipinski definition) is 3. The predicted octanol–water partition coefficient (Wildman–Crippen LogP) is 11.6. The number of fused-ring (bicyclic) bond motifs is 2. The van der Waals surface area contributed by atoms with E-state index in [2.05, 4.69) is 149 Å². The zero-order chi connectivity index (χ0) is 36.3. The van der Waals surface area contributed by atoms with Gasteiger partial charge in [0.25, 0.3) is 0 Å². The first kappa shape index (κ1) is 33.3. The highest BCUT2D eigenvalue weighted by Gasteiger charge is 2.16. The highest BCUT2D eigenvalue weighted by atomic mass is 15.0. The van der Waals surface area contributed by atoms with Gasteiger partial charge in [0.1, 0.15) is 0 Å². The molecule has 0 amide bonds. The maximum absolute atomic E-state index is 4.78. The van der Waals surface area contributed by atoms with Gasteiger partial charge < -0.3 is 9.13 Å². The molecule has 0 bridgehead atoms. The van der Waals surface area contributed by atoms with Crippen molar-refractivity contribution in [3.63, 3.8) is 0 Å². The third kappa shape index (κ3) is 6.23. The summed E-state index contributed by atoms with van der Waals surface area (Å²) in [5.74, 6) is 0. The fourth-order valence-corrected chi connectivity index (χ4v) is 7.34. The van der Waals surface area contributed by atoms with E-state index < -0.39 is 0 Å². The van der Waals surface area contributed by atoms with Crippen LogP contribution in [0.3, 0.4) is 0 Å². The van der Waals surface area contributed by atoms with E-state index >= 15 is 0 Å². The first-order valence-electron chi connectivity index (χ1n) is 17.8. The Labute approximate surface area is 310 Å².